The summed E-state index contributed by atoms with van der Waals surface area (Å²) in [7, 11) is 0. The van der Waals surface area contributed by atoms with Gasteiger partial charge in [0.05, 0.1) is 12.2 Å². The Balaban J connectivity index is 2.40. The fourth-order valence-electron chi connectivity index (χ4n) is 1.80. The lowest BCUT2D eigenvalue weighted by molar-refractivity contribution is 0.161. The van der Waals surface area contributed by atoms with E-state index < -0.39 is 0 Å². The maximum absolute atomic E-state index is 9.88. The Morgan fingerprint density at radius 2 is 1.79 bits per heavy atom. The van der Waals surface area contributed by atoms with Gasteiger partial charge in [0.1, 0.15) is 0 Å². The highest BCUT2D eigenvalue weighted by Gasteiger charge is 2.25. The Morgan fingerprint density at radius 1 is 1.14 bits per heavy atom. The zero-order valence-electron chi connectivity index (χ0n) is 9.15. The van der Waals surface area contributed by atoms with Crippen molar-refractivity contribution >= 4 is 11.8 Å². The summed E-state index contributed by atoms with van der Waals surface area (Å²) in [6.07, 6.45) is 5.21. The lowest BCUT2D eigenvalue weighted by Crippen LogP contribution is -2.27. The van der Waals surface area contributed by atoms with E-state index in [2.05, 4.69) is 0 Å². The van der Waals surface area contributed by atoms with Crippen LogP contribution in [0.25, 0.3) is 0 Å². The maximum atomic E-state index is 9.88. The van der Waals surface area contributed by atoms with Crippen LogP contribution >= 0.6 is 11.8 Å². The Hall–Kier alpha value is 0.270. The molecule has 0 heterocycles. The highest BCUT2D eigenvalue weighted by atomic mass is 32.2. The van der Waals surface area contributed by atoms with Crippen LogP contribution in [0.15, 0.2) is 0 Å². The molecule has 2 N–H and O–H groups in total. The molecule has 84 valence electrons. The van der Waals surface area contributed by atoms with Gasteiger partial charge in [0.25, 0.3) is 0 Å². The summed E-state index contributed by atoms with van der Waals surface area (Å²) < 4.78 is 0. The molecule has 1 rings (SSSR count). The van der Waals surface area contributed by atoms with Crippen LogP contribution < -0.4 is 0 Å². The second-order valence-electron chi connectivity index (χ2n) is 4.33. The fourth-order valence-corrected chi connectivity index (χ4v) is 3.20. The molecular formula is C11H22O2S. The SMILES string of the molecule is CC(O)C(C)SC1CCCCCC1O. The molecule has 14 heavy (non-hydrogen) atoms. The van der Waals surface area contributed by atoms with Crippen LogP contribution in [0.1, 0.15) is 46.0 Å². The minimum Gasteiger partial charge on any atom is -0.392 e. The Bertz CT molecular complexity index is 161. The van der Waals surface area contributed by atoms with Crippen molar-refractivity contribution in [3.05, 3.63) is 0 Å². The largest absolute Gasteiger partial charge is 0.392 e. The average molecular weight is 218 g/mol. The number of hydrogen-bond donors (Lipinski definition) is 2. The molecule has 2 nitrogen and oxygen atoms in total. The quantitative estimate of drug-likeness (QED) is 0.713. The van der Waals surface area contributed by atoms with Gasteiger partial charge in [-0.1, -0.05) is 26.2 Å². The lowest BCUT2D eigenvalue weighted by Gasteiger charge is -2.24. The van der Waals surface area contributed by atoms with Crippen molar-refractivity contribution < 1.29 is 10.2 Å². The molecule has 1 saturated carbocycles. The normalized spacial score (nSPS) is 33.4. The number of rotatable bonds is 3. The van der Waals surface area contributed by atoms with Gasteiger partial charge in [-0.05, 0) is 19.8 Å². The summed E-state index contributed by atoms with van der Waals surface area (Å²) in [5.74, 6) is 0. The second-order valence-corrected chi connectivity index (χ2v) is 5.95. The Morgan fingerprint density at radius 3 is 2.43 bits per heavy atom. The minimum atomic E-state index is -0.282. The molecule has 0 saturated heterocycles. The smallest absolute Gasteiger partial charge is 0.0658 e. The first kappa shape index (κ1) is 12.3. The summed E-state index contributed by atoms with van der Waals surface area (Å²) >= 11 is 1.75. The van der Waals surface area contributed by atoms with E-state index in [0.717, 1.165) is 19.3 Å². The summed E-state index contributed by atoms with van der Waals surface area (Å²) in [6.45, 7) is 3.85. The summed E-state index contributed by atoms with van der Waals surface area (Å²) in [6, 6.07) is 0. The van der Waals surface area contributed by atoms with Gasteiger partial charge >= 0.3 is 0 Å². The van der Waals surface area contributed by atoms with E-state index in [0.29, 0.717) is 5.25 Å². The molecule has 4 unspecified atom stereocenters. The van der Waals surface area contributed by atoms with E-state index in [9.17, 15) is 10.2 Å². The Kier molecular flexibility index (Phi) is 5.28. The van der Waals surface area contributed by atoms with Crippen LogP contribution in [0, 0.1) is 0 Å². The molecule has 4 atom stereocenters. The number of aliphatic hydroxyl groups excluding tert-OH is 2. The van der Waals surface area contributed by atoms with Crippen LogP contribution in [0.2, 0.25) is 0 Å². The fraction of sp³-hybridized carbons (Fsp3) is 1.00. The molecule has 1 fully saturated rings. The molecule has 0 aliphatic heterocycles. The summed E-state index contributed by atoms with van der Waals surface area (Å²) in [4.78, 5) is 0. The third-order valence-electron chi connectivity index (χ3n) is 2.99. The molecule has 0 spiro atoms. The molecule has 0 radical (unpaired) electrons. The lowest BCUT2D eigenvalue weighted by atomic mass is 10.1. The van der Waals surface area contributed by atoms with Crippen LogP contribution in [0.4, 0.5) is 0 Å². The molecule has 3 heteroatoms. The van der Waals surface area contributed by atoms with Crippen molar-refractivity contribution in [2.24, 2.45) is 0 Å². The average Bonchev–Trinajstić information content (AvgIpc) is 2.32. The molecular weight excluding hydrogens is 196 g/mol. The molecule has 0 amide bonds. The standard InChI is InChI=1S/C11H22O2S/c1-8(12)9(2)14-11-7-5-3-4-6-10(11)13/h8-13H,3-7H2,1-2H3. The molecule has 1 aliphatic rings. The highest BCUT2D eigenvalue weighted by Crippen LogP contribution is 2.31. The van der Waals surface area contributed by atoms with E-state index in [4.69, 9.17) is 0 Å². The second kappa shape index (κ2) is 5.99. The summed E-state index contributed by atoms with van der Waals surface area (Å²) in [5, 5.41) is 19.8. The van der Waals surface area contributed by atoms with E-state index in [1.807, 2.05) is 13.8 Å². The highest BCUT2D eigenvalue weighted by molar-refractivity contribution is 8.00. The third-order valence-corrected chi connectivity index (χ3v) is 4.71. The zero-order chi connectivity index (χ0) is 10.6. The predicted molar refractivity (Wildman–Crippen MR) is 61.6 cm³/mol. The van der Waals surface area contributed by atoms with Gasteiger partial charge in [0.2, 0.25) is 0 Å². The predicted octanol–water partition coefficient (Wildman–Crippen LogP) is 2.18. The van der Waals surface area contributed by atoms with Crippen LogP contribution in [0.5, 0.6) is 0 Å². The van der Waals surface area contributed by atoms with Gasteiger partial charge in [0.15, 0.2) is 0 Å². The number of hydrogen-bond acceptors (Lipinski definition) is 3. The van der Waals surface area contributed by atoms with Gasteiger partial charge in [0, 0.05) is 10.5 Å². The third kappa shape index (κ3) is 3.79. The zero-order valence-corrected chi connectivity index (χ0v) is 9.96. The molecule has 0 aromatic rings. The van der Waals surface area contributed by atoms with Gasteiger partial charge < -0.3 is 10.2 Å². The van der Waals surface area contributed by atoms with Gasteiger partial charge in [-0.15, -0.1) is 0 Å². The van der Waals surface area contributed by atoms with Crippen molar-refractivity contribution in [3.8, 4) is 0 Å². The van der Waals surface area contributed by atoms with Crippen LogP contribution in [0.3, 0.4) is 0 Å². The maximum Gasteiger partial charge on any atom is 0.0658 e. The van der Waals surface area contributed by atoms with Crippen molar-refractivity contribution in [3.63, 3.8) is 0 Å². The van der Waals surface area contributed by atoms with Crippen LogP contribution in [-0.4, -0.2) is 32.9 Å². The van der Waals surface area contributed by atoms with E-state index in [-0.39, 0.29) is 17.5 Å². The van der Waals surface area contributed by atoms with E-state index in [1.165, 1.54) is 12.8 Å². The van der Waals surface area contributed by atoms with E-state index >= 15 is 0 Å². The minimum absolute atomic E-state index is 0.163. The topological polar surface area (TPSA) is 40.5 Å². The summed E-state index contributed by atoms with van der Waals surface area (Å²) in [5.41, 5.74) is 0. The Labute approximate surface area is 91.1 Å². The van der Waals surface area contributed by atoms with Crippen molar-refractivity contribution in [2.75, 3.05) is 0 Å². The van der Waals surface area contributed by atoms with Gasteiger partial charge in [-0.2, -0.15) is 11.8 Å². The number of thioether (sulfide) groups is 1. The van der Waals surface area contributed by atoms with Gasteiger partial charge in [-0.3, -0.25) is 0 Å². The first-order valence-electron chi connectivity index (χ1n) is 5.63. The van der Waals surface area contributed by atoms with Crippen molar-refractivity contribution in [1.29, 1.82) is 0 Å². The number of aliphatic hydroxyl groups is 2. The monoisotopic (exact) mass is 218 g/mol. The molecule has 0 aromatic carbocycles. The van der Waals surface area contributed by atoms with Crippen molar-refractivity contribution in [1.82, 2.24) is 0 Å². The van der Waals surface area contributed by atoms with Crippen molar-refractivity contribution in [2.45, 2.75) is 68.7 Å². The van der Waals surface area contributed by atoms with Crippen LogP contribution in [-0.2, 0) is 0 Å². The molecule has 1 aliphatic carbocycles. The molecule has 0 aromatic heterocycles. The van der Waals surface area contributed by atoms with Gasteiger partial charge in [-0.25, -0.2) is 0 Å². The molecule has 0 bridgehead atoms. The van der Waals surface area contributed by atoms with E-state index in [1.54, 1.807) is 11.8 Å². The first-order valence-corrected chi connectivity index (χ1v) is 6.57. The first-order chi connectivity index (χ1) is 6.61.